The fourth-order valence-corrected chi connectivity index (χ4v) is 4.27. The molecule has 166 valence electrons. The highest BCUT2D eigenvalue weighted by molar-refractivity contribution is 14.0. The average Bonchev–Trinajstić information content (AvgIpc) is 3.40. The van der Waals surface area contributed by atoms with Crippen molar-refractivity contribution in [1.29, 1.82) is 0 Å². The number of thioether (sulfide) groups is 1. The SMILES string of the molecule is Cc1nc2n(n1)CC(NC(=NCCc1ccco1)NCCSc1ccccc1)CC2.I. The molecule has 9 heteroatoms. The second-order valence-electron chi connectivity index (χ2n) is 7.29. The molecule has 4 rings (SSSR count). The summed E-state index contributed by atoms with van der Waals surface area (Å²) >= 11 is 1.84. The molecule has 0 bridgehead atoms. The summed E-state index contributed by atoms with van der Waals surface area (Å²) in [5.74, 6) is 4.70. The van der Waals surface area contributed by atoms with E-state index < -0.39 is 0 Å². The Hall–Kier alpha value is -2.01. The van der Waals surface area contributed by atoms with Crippen molar-refractivity contribution in [3.63, 3.8) is 0 Å². The summed E-state index contributed by atoms with van der Waals surface area (Å²) < 4.78 is 7.44. The Balaban J connectivity index is 0.00000272. The van der Waals surface area contributed by atoms with Crippen molar-refractivity contribution in [3.8, 4) is 0 Å². The van der Waals surface area contributed by atoms with Crippen molar-refractivity contribution in [1.82, 2.24) is 25.4 Å². The Morgan fingerprint density at radius 3 is 2.94 bits per heavy atom. The molecule has 7 nitrogen and oxygen atoms in total. The van der Waals surface area contributed by atoms with E-state index in [-0.39, 0.29) is 30.0 Å². The molecule has 0 spiro atoms. The maximum Gasteiger partial charge on any atom is 0.191 e. The molecule has 3 aromatic rings. The van der Waals surface area contributed by atoms with Gasteiger partial charge < -0.3 is 15.1 Å². The van der Waals surface area contributed by atoms with Crippen molar-refractivity contribution in [2.45, 2.75) is 43.7 Å². The van der Waals surface area contributed by atoms with Crippen LogP contribution in [0.4, 0.5) is 0 Å². The first-order chi connectivity index (χ1) is 14.8. The van der Waals surface area contributed by atoms with Gasteiger partial charge in [0.05, 0.1) is 12.8 Å². The molecule has 3 heterocycles. The first kappa shape index (κ1) is 23.6. The Bertz CT molecular complexity index is 944. The van der Waals surface area contributed by atoms with Crippen molar-refractivity contribution in [2.75, 3.05) is 18.8 Å². The summed E-state index contributed by atoms with van der Waals surface area (Å²) in [5, 5.41) is 11.6. The number of fused-ring (bicyclic) bond motifs is 1. The number of furan rings is 1. The third kappa shape index (κ3) is 7.27. The van der Waals surface area contributed by atoms with E-state index in [2.05, 4.69) is 45.0 Å². The Labute approximate surface area is 204 Å². The van der Waals surface area contributed by atoms with Crippen LogP contribution >= 0.6 is 35.7 Å². The quantitative estimate of drug-likeness (QED) is 0.146. The second-order valence-corrected chi connectivity index (χ2v) is 8.45. The van der Waals surface area contributed by atoms with Gasteiger partial charge in [-0.05, 0) is 37.6 Å². The highest BCUT2D eigenvalue weighted by Crippen LogP contribution is 2.16. The molecule has 0 radical (unpaired) electrons. The summed E-state index contributed by atoms with van der Waals surface area (Å²) in [7, 11) is 0. The maximum absolute atomic E-state index is 5.42. The zero-order chi connectivity index (χ0) is 20.6. The van der Waals surface area contributed by atoms with Crippen LogP contribution in [0, 0.1) is 6.92 Å². The van der Waals surface area contributed by atoms with Crippen LogP contribution in [0.2, 0.25) is 0 Å². The number of guanidine groups is 1. The fraction of sp³-hybridized carbons (Fsp3) is 0.409. The van der Waals surface area contributed by atoms with Gasteiger partial charge in [0, 0.05) is 42.6 Å². The Kier molecular flexibility index (Phi) is 9.26. The monoisotopic (exact) mass is 552 g/mol. The van der Waals surface area contributed by atoms with Crippen LogP contribution in [0.5, 0.6) is 0 Å². The van der Waals surface area contributed by atoms with E-state index in [9.17, 15) is 0 Å². The summed E-state index contributed by atoms with van der Waals surface area (Å²) in [5.41, 5.74) is 0. The molecule has 1 aliphatic rings. The van der Waals surface area contributed by atoms with Gasteiger partial charge in [0.15, 0.2) is 5.96 Å². The van der Waals surface area contributed by atoms with Crippen molar-refractivity contribution in [2.24, 2.45) is 4.99 Å². The largest absolute Gasteiger partial charge is 0.469 e. The van der Waals surface area contributed by atoms with E-state index in [1.807, 2.05) is 41.6 Å². The highest BCUT2D eigenvalue weighted by atomic mass is 127. The lowest BCUT2D eigenvalue weighted by molar-refractivity contribution is 0.392. The van der Waals surface area contributed by atoms with Crippen LogP contribution in [0.1, 0.15) is 23.8 Å². The zero-order valence-corrected chi connectivity index (χ0v) is 20.8. The zero-order valence-electron chi connectivity index (χ0n) is 17.7. The minimum Gasteiger partial charge on any atom is -0.469 e. The van der Waals surface area contributed by atoms with Gasteiger partial charge in [0.2, 0.25) is 0 Å². The molecule has 0 fully saturated rings. The van der Waals surface area contributed by atoms with E-state index in [1.54, 1.807) is 6.26 Å². The smallest absolute Gasteiger partial charge is 0.191 e. The van der Waals surface area contributed by atoms with Gasteiger partial charge in [-0.25, -0.2) is 9.67 Å². The third-order valence-electron chi connectivity index (χ3n) is 4.92. The molecule has 0 saturated carbocycles. The molecule has 0 amide bonds. The van der Waals surface area contributed by atoms with E-state index in [1.165, 1.54) is 4.90 Å². The molecule has 1 aliphatic heterocycles. The van der Waals surface area contributed by atoms with E-state index in [0.29, 0.717) is 6.54 Å². The van der Waals surface area contributed by atoms with Gasteiger partial charge in [-0.3, -0.25) is 4.99 Å². The van der Waals surface area contributed by atoms with Crippen molar-refractivity contribution in [3.05, 3.63) is 66.1 Å². The van der Waals surface area contributed by atoms with Crippen LogP contribution in [0.15, 0.2) is 63.0 Å². The highest BCUT2D eigenvalue weighted by Gasteiger charge is 2.21. The number of nitrogens with one attached hydrogen (secondary N) is 2. The molecule has 2 aromatic heterocycles. The van der Waals surface area contributed by atoms with Crippen LogP contribution in [-0.4, -0.2) is 45.6 Å². The first-order valence-corrected chi connectivity index (χ1v) is 11.4. The molecular weight excluding hydrogens is 523 g/mol. The van der Waals surface area contributed by atoms with Gasteiger partial charge in [-0.15, -0.1) is 35.7 Å². The number of nitrogens with zero attached hydrogens (tertiary/aromatic N) is 4. The Morgan fingerprint density at radius 2 is 2.13 bits per heavy atom. The summed E-state index contributed by atoms with van der Waals surface area (Å²) in [4.78, 5) is 10.6. The summed E-state index contributed by atoms with van der Waals surface area (Å²) in [6.45, 7) is 4.27. The molecular formula is C22H29IN6OS. The molecule has 0 saturated heterocycles. The molecule has 1 atom stereocenters. The van der Waals surface area contributed by atoms with Crippen LogP contribution in [0.25, 0.3) is 0 Å². The summed E-state index contributed by atoms with van der Waals surface area (Å²) in [6, 6.07) is 14.7. The second kappa shape index (κ2) is 12.1. The predicted molar refractivity (Wildman–Crippen MR) is 135 cm³/mol. The average molecular weight is 552 g/mol. The van der Waals surface area contributed by atoms with E-state index in [4.69, 9.17) is 9.41 Å². The van der Waals surface area contributed by atoms with Gasteiger partial charge in [-0.2, -0.15) is 5.10 Å². The van der Waals surface area contributed by atoms with E-state index >= 15 is 0 Å². The molecule has 1 unspecified atom stereocenters. The molecule has 2 N–H and O–H groups in total. The number of hydrogen-bond acceptors (Lipinski definition) is 5. The van der Waals surface area contributed by atoms with Gasteiger partial charge >= 0.3 is 0 Å². The Morgan fingerprint density at radius 1 is 1.26 bits per heavy atom. The van der Waals surface area contributed by atoms with Crippen LogP contribution < -0.4 is 10.6 Å². The predicted octanol–water partition coefficient (Wildman–Crippen LogP) is 3.68. The third-order valence-corrected chi connectivity index (χ3v) is 5.93. The lowest BCUT2D eigenvalue weighted by atomic mass is 10.1. The normalized spacial score (nSPS) is 15.8. The van der Waals surface area contributed by atoms with Crippen molar-refractivity contribution < 1.29 is 4.42 Å². The summed E-state index contributed by atoms with van der Waals surface area (Å²) in [6.07, 6.45) is 4.45. The lowest BCUT2D eigenvalue weighted by Gasteiger charge is -2.25. The standard InChI is InChI=1S/C22H28N6OS.HI/c1-17-25-21-10-9-18(16-28(21)27-17)26-22(23-12-11-19-6-5-14-29-19)24-13-15-30-20-7-3-2-4-8-20;/h2-8,14,18H,9-13,15-16H2,1H3,(H2,23,24,26);1H. The number of aromatic nitrogens is 3. The van der Waals surface area contributed by atoms with Gasteiger partial charge in [0.25, 0.3) is 0 Å². The minimum absolute atomic E-state index is 0. The number of rotatable bonds is 8. The van der Waals surface area contributed by atoms with E-state index in [0.717, 1.165) is 61.5 Å². The topological polar surface area (TPSA) is 80.3 Å². The van der Waals surface area contributed by atoms with Crippen molar-refractivity contribution >= 4 is 41.7 Å². The maximum atomic E-state index is 5.42. The number of aliphatic imine (C=N–C) groups is 1. The number of benzene rings is 1. The molecule has 1 aromatic carbocycles. The molecule has 0 aliphatic carbocycles. The number of hydrogen-bond donors (Lipinski definition) is 2. The fourth-order valence-electron chi connectivity index (χ4n) is 3.49. The van der Waals surface area contributed by atoms with Crippen LogP contribution in [0.3, 0.4) is 0 Å². The minimum atomic E-state index is 0. The van der Waals surface area contributed by atoms with Gasteiger partial charge in [0.1, 0.15) is 17.4 Å². The number of aryl methyl sites for hydroxylation is 2. The lowest BCUT2D eigenvalue weighted by Crippen LogP contribution is -2.47. The van der Waals surface area contributed by atoms with Crippen LogP contribution in [-0.2, 0) is 19.4 Å². The molecule has 31 heavy (non-hydrogen) atoms. The van der Waals surface area contributed by atoms with Gasteiger partial charge in [-0.1, -0.05) is 18.2 Å². The number of halogens is 1. The first-order valence-electron chi connectivity index (χ1n) is 10.4.